The van der Waals surface area contributed by atoms with Gasteiger partial charge in [-0.05, 0) is 28.3 Å². The van der Waals surface area contributed by atoms with Crippen molar-refractivity contribution in [1.29, 1.82) is 0 Å². The highest BCUT2D eigenvalue weighted by atomic mass is 16.7. The summed E-state index contributed by atoms with van der Waals surface area (Å²) in [5, 5.41) is 0. The zero-order valence-electron chi connectivity index (χ0n) is 20.8. The van der Waals surface area contributed by atoms with E-state index in [2.05, 4.69) is 0 Å². The molecule has 186 valence electrons. The molecule has 5 heteroatoms. The Bertz CT molecular complexity index is 1120. The monoisotopic (exact) mass is 484 g/mol. The van der Waals surface area contributed by atoms with Gasteiger partial charge in [-0.3, -0.25) is 0 Å². The smallest absolute Gasteiger partial charge is 0.429 e. The number of hydrogen-bond donors (Lipinski definition) is 0. The molecule has 0 N–H and O–H groups in total. The van der Waals surface area contributed by atoms with Crippen LogP contribution in [-0.4, -0.2) is 31.8 Å². The van der Waals surface area contributed by atoms with Crippen molar-refractivity contribution in [2.45, 2.75) is 37.3 Å². The fourth-order valence-electron chi connectivity index (χ4n) is 4.48. The summed E-state index contributed by atoms with van der Waals surface area (Å²) in [6.07, 6.45) is 6.58. The molecule has 0 heterocycles. The van der Waals surface area contributed by atoms with Crippen LogP contribution in [0.5, 0.6) is 0 Å². The predicted molar refractivity (Wildman–Crippen MR) is 139 cm³/mol. The number of carbonyl (C=O) groups excluding carboxylic acids is 1. The maximum Gasteiger partial charge on any atom is 0.509 e. The first-order valence-corrected chi connectivity index (χ1v) is 12.0. The first-order chi connectivity index (χ1) is 17.6. The lowest BCUT2D eigenvalue weighted by Crippen LogP contribution is -2.43. The fourth-order valence-corrected chi connectivity index (χ4v) is 4.48. The van der Waals surface area contributed by atoms with Gasteiger partial charge >= 0.3 is 6.16 Å². The average Bonchev–Trinajstić information content (AvgIpc) is 2.93. The van der Waals surface area contributed by atoms with E-state index in [4.69, 9.17) is 18.9 Å². The molecular weight excluding hydrogens is 452 g/mol. The van der Waals surface area contributed by atoms with Gasteiger partial charge in [0.05, 0.1) is 0 Å². The van der Waals surface area contributed by atoms with Gasteiger partial charge < -0.3 is 18.9 Å². The van der Waals surface area contributed by atoms with Crippen molar-refractivity contribution >= 4 is 6.16 Å². The Balaban J connectivity index is 1.69. The molecule has 5 nitrogen and oxygen atoms in total. The average molecular weight is 485 g/mol. The molecule has 0 radical (unpaired) electrons. The molecule has 1 aliphatic carbocycles. The van der Waals surface area contributed by atoms with E-state index in [0.717, 1.165) is 22.3 Å². The molecule has 0 spiro atoms. The Morgan fingerprint density at radius 1 is 0.778 bits per heavy atom. The Labute approximate surface area is 213 Å². The zero-order chi connectivity index (χ0) is 25.3. The molecular formula is C31H32O5. The third-order valence-electron chi connectivity index (χ3n) is 6.48. The Morgan fingerprint density at radius 3 is 1.72 bits per heavy atom. The van der Waals surface area contributed by atoms with Crippen LogP contribution in [0.1, 0.15) is 23.1 Å². The van der Waals surface area contributed by atoms with Gasteiger partial charge in [0.1, 0.15) is 12.2 Å². The molecule has 4 rings (SSSR count). The summed E-state index contributed by atoms with van der Waals surface area (Å²) in [6.45, 7) is 0.137. The number of methoxy groups -OCH3 is 2. The molecule has 3 aromatic rings. The van der Waals surface area contributed by atoms with Gasteiger partial charge in [0.25, 0.3) is 0 Å². The fraction of sp³-hybridized carbons (Fsp3) is 0.258. The quantitative estimate of drug-likeness (QED) is 0.245. The van der Waals surface area contributed by atoms with E-state index in [1.54, 1.807) is 14.2 Å². The lowest BCUT2D eigenvalue weighted by atomic mass is 9.79. The maximum atomic E-state index is 13.1. The number of carbonyl (C=O) groups is 1. The molecule has 0 aromatic heterocycles. The molecule has 1 aliphatic rings. The van der Waals surface area contributed by atoms with Gasteiger partial charge in [0, 0.05) is 33.5 Å². The second kappa shape index (κ2) is 11.8. The number of ether oxygens (including phenoxy) is 4. The zero-order valence-corrected chi connectivity index (χ0v) is 20.8. The normalized spacial score (nSPS) is 14.7. The molecule has 3 aromatic carbocycles. The van der Waals surface area contributed by atoms with Crippen LogP contribution in [0.3, 0.4) is 0 Å². The lowest BCUT2D eigenvalue weighted by Gasteiger charge is -2.38. The van der Waals surface area contributed by atoms with Crippen LogP contribution in [-0.2, 0) is 38.4 Å². The number of rotatable bonds is 10. The molecule has 0 bridgehead atoms. The summed E-state index contributed by atoms with van der Waals surface area (Å²) in [4.78, 5) is 13.1. The van der Waals surface area contributed by atoms with Crippen molar-refractivity contribution in [2.75, 3.05) is 14.2 Å². The van der Waals surface area contributed by atoms with Gasteiger partial charge in [-0.15, -0.1) is 0 Å². The summed E-state index contributed by atoms with van der Waals surface area (Å²) in [6, 6.07) is 29.6. The summed E-state index contributed by atoms with van der Waals surface area (Å²) in [5.74, 6) is -0.845. The van der Waals surface area contributed by atoms with Crippen LogP contribution in [0.4, 0.5) is 4.79 Å². The van der Waals surface area contributed by atoms with E-state index in [1.807, 2.05) is 109 Å². The van der Waals surface area contributed by atoms with Crippen molar-refractivity contribution in [3.63, 3.8) is 0 Å². The minimum atomic E-state index is -0.999. The molecule has 0 saturated heterocycles. The van der Waals surface area contributed by atoms with Crippen molar-refractivity contribution in [3.8, 4) is 0 Å². The lowest BCUT2D eigenvalue weighted by molar-refractivity contribution is -0.168. The SMILES string of the molecule is COC1(OC)C=CC(C(Cc2ccccc2)(Cc2ccccc2)OC(=O)OCc2ccccc2)=CC1. The molecule has 0 aliphatic heterocycles. The standard InChI is InChI=1S/C31H32O5/c1-33-31(34-2)20-18-28(19-21-31)30(22-25-12-6-3-7-13-25,23-26-14-8-4-9-15-26)36-29(32)35-24-27-16-10-5-11-17-27/h3-20H,21-24H2,1-2H3. The maximum absolute atomic E-state index is 13.1. The van der Waals surface area contributed by atoms with Crippen LogP contribution in [0, 0.1) is 0 Å². The molecule has 0 unspecified atom stereocenters. The second-order valence-electron chi connectivity index (χ2n) is 8.86. The molecule has 36 heavy (non-hydrogen) atoms. The van der Waals surface area contributed by atoms with E-state index < -0.39 is 17.5 Å². The van der Waals surface area contributed by atoms with E-state index in [9.17, 15) is 4.79 Å². The predicted octanol–water partition coefficient (Wildman–Crippen LogP) is 6.44. The van der Waals surface area contributed by atoms with Crippen LogP contribution in [0.25, 0.3) is 0 Å². The topological polar surface area (TPSA) is 54.0 Å². The van der Waals surface area contributed by atoms with Crippen LogP contribution in [0.2, 0.25) is 0 Å². The van der Waals surface area contributed by atoms with Gasteiger partial charge in [0.15, 0.2) is 5.79 Å². The Hall–Kier alpha value is -3.67. The van der Waals surface area contributed by atoms with Gasteiger partial charge in [-0.2, -0.15) is 0 Å². The molecule has 0 fully saturated rings. The van der Waals surface area contributed by atoms with Crippen molar-refractivity contribution in [3.05, 3.63) is 131 Å². The van der Waals surface area contributed by atoms with Gasteiger partial charge in [0.2, 0.25) is 0 Å². The van der Waals surface area contributed by atoms with E-state index >= 15 is 0 Å². The highest BCUT2D eigenvalue weighted by Crippen LogP contribution is 2.37. The third kappa shape index (κ3) is 6.30. The summed E-state index contributed by atoms with van der Waals surface area (Å²) >= 11 is 0. The molecule has 0 saturated carbocycles. The van der Waals surface area contributed by atoms with Gasteiger partial charge in [-0.25, -0.2) is 4.79 Å². The summed E-state index contributed by atoms with van der Waals surface area (Å²) in [7, 11) is 3.23. The number of benzene rings is 3. The third-order valence-corrected chi connectivity index (χ3v) is 6.48. The Kier molecular flexibility index (Phi) is 8.36. The highest BCUT2D eigenvalue weighted by molar-refractivity contribution is 5.62. The molecule has 0 amide bonds. The van der Waals surface area contributed by atoms with Crippen molar-refractivity contribution in [1.82, 2.24) is 0 Å². The van der Waals surface area contributed by atoms with Crippen molar-refractivity contribution < 1.29 is 23.7 Å². The number of hydrogen-bond acceptors (Lipinski definition) is 5. The first kappa shape index (κ1) is 25.4. The molecule has 0 atom stereocenters. The van der Waals surface area contributed by atoms with Crippen molar-refractivity contribution in [2.24, 2.45) is 0 Å². The van der Waals surface area contributed by atoms with Crippen LogP contribution >= 0.6 is 0 Å². The highest BCUT2D eigenvalue weighted by Gasteiger charge is 2.41. The second-order valence-corrected chi connectivity index (χ2v) is 8.86. The van der Waals surface area contributed by atoms with E-state index in [-0.39, 0.29) is 6.61 Å². The summed E-state index contributed by atoms with van der Waals surface area (Å²) < 4.78 is 23.1. The first-order valence-electron chi connectivity index (χ1n) is 12.0. The Morgan fingerprint density at radius 2 is 1.28 bits per heavy atom. The van der Waals surface area contributed by atoms with Crippen LogP contribution < -0.4 is 0 Å². The largest absolute Gasteiger partial charge is 0.509 e. The minimum Gasteiger partial charge on any atom is -0.429 e. The van der Waals surface area contributed by atoms with E-state index in [0.29, 0.717) is 19.3 Å². The summed E-state index contributed by atoms with van der Waals surface area (Å²) in [5.41, 5.74) is 2.87. The van der Waals surface area contributed by atoms with Gasteiger partial charge in [-0.1, -0.05) is 103 Å². The van der Waals surface area contributed by atoms with Crippen LogP contribution in [0.15, 0.2) is 115 Å². The van der Waals surface area contributed by atoms with E-state index in [1.165, 1.54) is 0 Å². The minimum absolute atomic E-state index is 0.137.